The second-order valence-corrected chi connectivity index (χ2v) is 9.27. The molecule has 0 spiro atoms. The van der Waals surface area contributed by atoms with Crippen molar-refractivity contribution in [1.29, 1.82) is 0 Å². The largest absolute Gasteiger partial charge is 0.424 e. The number of alkyl halides is 3. The van der Waals surface area contributed by atoms with E-state index in [0.29, 0.717) is 41.2 Å². The number of fused-ring (bicyclic) bond motifs is 2. The van der Waals surface area contributed by atoms with Crippen molar-refractivity contribution in [2.24, 2.45) is 24.8 Å². The van der Waals surface area contributed by atoms with Crippen LogP contribution in [0.3, 0.4) is 0 Å². The van der Waals surface area contributed by atoms with Gasteiger partial charge in [-0.05, 0) is 60.9 Å². The van der Waals surface area contributed by atoms with Crippen molar-refractivity contribution >= 4 is 17.3 Å². The summed E-state index contributed by atoms with van der Waals surface area (Å²) in [6.07, 6.45) is -0.198. The third-order valence-corrected chi connectivity index (χ3v) is 6.95. The molecule has 11 heteroatoms. The summed E-state index contributed by atoms with van der Waals surface area (Å²) in [4.78, 5) is 10.8. The minimum absolute atomic E-state index is 0.0611. The fraction of sp³-hybridized carbons (Fsp3) is 0.435. The lowest BCUT2D eigenvalue weighted by Crippen LogP contribution is -2.42. The van der Waals surface area contributed by atoms with Crippen LogP contribution in [0.2, 0.25) is 5.15 Å². The molecule has 2 aromatic heterocycles. The maximum Gasteiger partial charge on any atom is 0.419 e. The van der Waals surface area contributed by atoms with Gasteiger partial charge < -0.3 is 9.64 Å². The Morgan fingerprint density at radius 3 is 2.53 bits per heavy atom. The van der Waals surface area contributed by atoms with Crippen molar-refractivity contribution in [3.05, 3.63) is 58.9 Å². The summed E-state index contributed by atoms with van der Waals surface area (Å²) in [7, 11) is 1.62. The Morgan fingerprint density at radius 1 is 1.12 bits per heavy atom. The molecule has 1 aromatic carbocycles. The molecule has 2 aliphatic rings. The number of aryl methyl sites for hydroxylation is 1. The highest BCUT2D eigenvalue weighted by Crippen LogP contribution is 2.44. The smallest absolute Gasteiger partial charge is 0.419 e. The average molecular weight is 496 g/mol. The van der Waals surface area contributed by atoms with Crippen LogP contribution < -0.4 is 9.64 Å². The normalized spacial score (nSPS) is 22.3. The van der Waals surface area contributed by atoms with Crippen molar-refractivity contribution < 1.29 is 22.3 Å². The highest BCUT2D eigenvalue weighted by atomic mass is 35.5. The number of rotatable bonds is 5. The summed E-state index contributed by atoms with van der Waals surface area (Å²) < 4.78 is 59.5. The van der Waals surface area contributed by atoms with Gasteiger partial charge in [-0.2, -0.15) is 23.3 Å². The molecule has 2 bridgehead atoms. The van der Waals surface area contributed by atoms with E-state index in [-0.39, 0.29) is 11.8 Å². The Hall–Kier alpha value is -2.88. The zero-order valence-corrected chi connectivity index (χ0v) is 19.0. The lowest BCUT2D eigenvalue weighted by Gasteiger charge is -2.39. The van der Waals surface area contributed by atoms with Gasteiger partial charge in [0.15, 0.2) is 5.82 Å². The quantitative estimate of drug-likeness (QED) is 0.344. The molecule has 2 fully saturated rings. The maximum atomic E-state index is 13.6. The molecule has 180 valence electrons. The fourth-order valence-electron chi connectivity index (χ4n) is 5.17. The third-order valence-electron chi connectivity index (χ3n) is 6.74. The third kappa shape index (κ3) is 4.55. The van der Waals surface area contributed by atoms with Crippen molar-refractivity contribution in [2.45, 2.75) is 25.4 Å². The number of nitrogens with zero attached hydrogens (tertiary/aromatic N) is 5. The monoisotopic (exact) mass is 495 g/mol. The van der Waals surface area contributed by atoms with Crippen LogP contribution in [0.5, 0.6) is 11.8 Å². The lowest BCUT2D eigenvalue weighted by atomic mass is 9.82. The van der Waals surface area contributed by atoms with Crippen LogP contribution in [0.25, 0.3) is 0 Å². The van der Waals surface area contributed by atoms with Gasteiger partial charge in [0.25, 0.3) is 0 Å². The number of aromatic nitrogens is 4. The molecule has 6 nitrogen and oxygen atoms in total. The zero-order valence-electron chi connectivity index (χ0n) is 18.3. The van der Waals surface area contributed by atoms with E-state index in [4.69, 9.17) is 16.3 Å². The minimum atomic E-state index is -4.82. The first kappa shape index (κ1) is 22.9. The molecule has 1 aliphatic heterocycles. The summed E-state index contributed by atoms with van der Waals surface area (Å²) >= 11 is 6.06. The molecule has 0 N–H and O–H groups in total. The molecule has 1 saturated carbocycles. The van der Waals surface area contributed by atoms with Gasteiger partial charge in [-0.15, -0.1) is 0 Å². The van der Waals surface area contributed by atoms with Crippen LogP contribution in [0.15, 0.2) is 36.5 Å². The summed E-state index contributed by atoms with van der Waals surface area (Å²) in [6, 6.07) is 6.41. The first-order valence-electron chi connectivity index (χ1n) is 11.0. The summed E-state index contributed by atoms with van der Waals surface area (Å²) in [5, 5.41) is 4.89. The Balaban J connectivity index is 1.28. The summed E-state index contributed by atoms with van der Waals surface area (Å²) in [6.45, 7) is 1.82. The number of hydrogen-bond donors (Lipinski definition) is 0. The molecule has 34 heavy (non-hydrogen) atoms. The van der Waals surface area contributed by atoms with E-state index in [1.807, 2.05) is 12.1 Å². The Bertz CT molecular complexity index is 1190. The zero-order chi connectivity index (χ0) is 24.0. The fourth-order valence-corrected chi connectivity index (χ4v) is 5.33. The van der Waals surface area contributed by atoms with Crippen molar-refractivity contribution in [1.82, 2.24) is 19.7 Å². The standard InChI is InChI=1S/C23H22ClF4N5O/c1-32-22(34-16-4-5-19(25)18(9-16)23(26,27)28)30-21(31-32)10-17-13-2-3-14(17)12-33(11-13)15-6-7-29-20(24)8-15/h4-9,13-14,17H,2-3,10-12H2,1H3. The van der Waals surface area contributed by atoms with Crippen LogP contribution in [-0.4, -0.2) is 32.8 Å². The molecule has 3 heterocycles. The van der Waals surface area contributed by atoms with E-state index in [2.05, 4.69) is 20.0 Å². The van der Waals surface area contributed by atoms with Gasteiger partial charge in [0.1, 0.15) is 16.7 Å². The van der Waals surface area contributed by atoms with Crippen LogP contribution in [0, 0.1) is 23.6 Å². The minimum Gasteiger partial charge on any atom is -0.424 e. The van der Waals surface area contributed by atoms with E-state index < -0.39 is 17.6 Å². The topological polar surface area (TPSA) is 56.1 Å². The van der Waals surface area contributed by atoms with Crippen LogP contribution in [0.4, 0.5) is 23.2 Å². The predicted molar refractivity (Wildman–Crippen MR) is 117 cm³/mol. The molecule has 2 atom stereocenters. The van der Waals surface area contributed by atoms with E-state index in [1.54, 1.807) is 13.2 Å². The van der Waals surface area contributed by atoms with Gasteiger partial charge in [0, 0.05) is 38.4 Å². The van der Waals surface area contributed by atoms with Gasteiger partial charge in [0.2, 0.25) is 0 Å². The highest BCUT2D eigenvalue weighted by Gasteiger charge is 2.42. The number of hydrogen-bond acceptors (Lipinski definition) is 5. The van der Waals surface area contributed by atoms with Gasteiger partial charge in [-0.25, -0.2) is 14.1 Å². The van der Waals surface area contributed by atoms with Crippen LogP contribution in [0.1, 0.15) is 24.2 Å². The van der Waals surface area contributed by atoms with E-state index >= 15 is 0 Å². The number of ether oxygens (including phenoxy) is 1. The van der Waals surface area contributed by atoms with E-state index in [9.17, 15) is 17.6 Å². The van der Waals surface area contributed by atoms with Gasteiger partial charge in [-0.3, -0.25) is 0 Å². The summed E-state index contributed by atoms with van der Waals surface area (Å²) in [5.74, 6) is 0.439. The molecule has 3 aromatic rings. The molecule has 1 saturated heterocycles. The van der Waals surface area contributed by atoms with Gasteiger partial charge in [0.05, 0.1) is 5.56 Å². The van der Waals surface area contributed by atoms with Crippen LogP contribution in [-0.2, 0) is 19.6 Å². The highest BCUT2D eigenvalue weighted by molar-refractivity contribution is 6.29. The number of piperidine rings is 1. The predicted octanol–water partition coefficient (Wildman–Crippen LogP) is 5.52. The number of anilines is 1. The summed E-state index contributed by atoms with van der Waals surface area (Å²) in [5.41, 5.74) is -0.314. The van der Waals surface area contributed by atoms with E-state index in [0.717, 1.165) is 43.8 Å². The number of halogens is 5. The molecule has 5 rings (SSSR count). The molecule has 2 unspecified atom stereocenters. The van der Waals surface area contributed by atoms with Crippen LogP contribution >= 0.6 is 11.6 Å². The number of benzene rings is 1. The lowest BCUT2D eigenvalue weighted by molar-refractivity contribution is -0.140. The first-order valence-corrected chi connectivity index (χ1v) is 11.4. The van der Waals surface area contributed by atoms with Gasteiger partial charge in [-0.1, -0.05) is 11.6 Å². The SMILES string of the molecule is Cn1nc(CC2C3CCC2CN(c2ccnc(Cl)c2)C3)nc1Oc1ccc(F)c(C(F)(F)F)c1. The Labute approximate surface area is 198 Å². The van der Waals surface area contributed by atoms with Gasteiger partial charge >= 0.3 is 12.2 Å². The molecular weight excluding hydrogens is 474 g/mol. The van der Waals surface area contributed by atoms with Crippen molar-refractivity contribution in [3.63, 3.8) is 0 Å². The molecule has 1 aliphatic carbocycles. The van der Waals surface area contributed by atoms with Crippen molar-refractivity contribution in [2.75, 3.05) is 18.0 Å². The van der Waals surface area contributed by atoms with Crippen molar-refractivity contribution in [3.8, 4) is 11.8 Å². The Kier molecular flexibility index (Phi) is 5.87. The second-order valence-electron chi connectivity index (χ2n) is 8.88. The molecule has 0 amide bonds. The maximum absolute atomic E-state index is 13.6. The first-order chi connectivity index (χ1) is 16.2. The Morgan fingerprint density at radius 2 is 1.85 bits per heavy atom. The second kappa shape index (κ2) is 8.72. The number of pyridine rings is 1. The average Bonchev–Trinajstić information content (AvgIpc) is 3.21. The molecule has 0 radical (unpaired) electrons. The molecular formula is C23H22ClF4N5O. The van der Waals surface area contributed by atoms with E-state index in [1.165, 1.54) is 4.68 Å².